The number of nitrogens with one attached hydrogen (secondary N) is 2. The van der Waals surface area contributed by atoms with E-state index in [9.17, 15) is 9.59 Å². The van der Waals surface area contributed by atoms with Crippen molar-refractivity contribution in [3.8, 4) is 0 Å². The second kappa shape index (κ2) is 7.38. The molecule has 1 rings (SSSR count). The smallest absolute Gasteiger partial charge is 0.245 e. The molecule has 1 unspecified atom stereocenters. The number of halogens is 3. The number of amides is 2. The summed E-state index contributed by atoms with van der Waals surface area (Å²) in [6, 6.07) is 9.22. The molecule has 2 amide bonds. The third-order valence-corrected chi connectivity index (χ3v) is 2.73. The van der Waals surface area contributed by atoms with Gasteiger partial charge in [-0.1, -0.05) is 65.1 Å². The molecule has 1 aromatic rings. The maximum absolute atomic E-state index is 11.6. The number of benzene rings is 1. The van der Waals surface area contributed by atoms with Crippen LogP contribution in [0, 0.1) is 0 Å². The summed E-state index contributed by atoms with van der Waals surface area (Å²) in [6.07, 6.45) is 2.12. The number of hydrogen-bond donors (Lipinski definition) is 2. The maximum atomic E-state index is 11.6. The minimum absolute atomic E-state index is 0.341. The van der Waals surface area contributed by atoms with Crippen LogP contribution in [0.5, 0.6) is 0 Å². The normalized spacial score (nSPS) is 13.0. The van der Waals surface area contributed by atoms with E-state index in [1.807, 2.05) is 30.3 Å². The standard InChI is InChI=1S/C12H11Cl3N2O2/c13-12(14,15)11(16-8-18)17-10(19)7-6-9-4-2-1-3-5-9/h1-8,11H,(H,16,18)(H,17,19)/b7-6+. The predicted octanol–water partition coefficient (Wildman–Crippen LogP) is 2.26. The highest BCUT2D eigenvalue weighted by atomic mass is 35.6. The Morgan fingerprint density at radius 1 is 1.21 bits per heavy atom. The van der Waals surface area contributed by atoms with E-state index in [2.05, 4.69) is 10.6 Å². The van der Waals surface area contributed by atoms with Crippen LogP contribution in [0.1, 0.15) is 5.56 Å². The Bertz CT molecular complexity index is 458. The molecule has 102 valence electrons. The van der Waals surface area contributed by atoms with Gasteiger partial charge in [0.1, 0.15) is 6.17 Å². The molecule has 0 aliphatic heterocycles. The summed E-state index contributed by atoms with van der Waals surface area (Å²) in [6.45, 7) is 0. The van der Waals surface area contributed by atoms with Gasteiger partial charge in [0.2, 0.25) is 16.1 Å². The Balaban J connectivity index is 2.63. The van der Waals surface area contributed by atoms with E-state index in [-0.39, 0.29) is 0 Å². The summed E-state index contributed by atoms with van der Waals surface area (Å²) in [5, 5.41) is 4.57. The highest BCUT2D eigenvalue weighted by Crippen LogP contribution is 2.28. The molecule has 0 aliphatic carbocycles. The van der Waals surface area contributed by atoms with E-state index in [4.69, 9.17) is 34.8 Å². The van der Waals surface area contributed by atoms with Gasteiger partial charge >= 0.3 is 0 Å². The number of alkyl halides is 3. The molecule has 2 N–H and O–H groups in total. The van der Waals surface area contributed by atoms with Crippen molar-refractivity contribution in [2.24, 2.45) is 0 Å². The average molecular weight is 322 g/mol. The van der Waals surface area contributed by atoms with Crippen molar-refractivity contribution in [2.75, 3.05) is 0 Å². The first kappa shape index (κ1) is 15.8. The average Bonchev–Trinajstić information content (AvgIpc) is 2.36. The monoisotopic (exact) mass is 320 g/mol. The zero-order valence-electron chi connectivity index (χ0n) is 9.65. The van der Waals surface area contributed by atoms with Crippen molar-refractivity contribution < 1.29 is 9.59 Å². The molecule has 0 spiro atoms. The molecule has 0 saturated carbocycles. The van der Waals surface area contributed by atoms with Crippen molar-refractivity contribution in [2.45, 2.75) is 9.96 Å². The van der Waals surface area contributed by atoms with E-state index in [1.54, 1.807) is 6.08 Å². The van der Waals surface area contributed by atoms with Gasteiger partial charge in [0.25, 0.3) is 0 Å². The van der Waals surface area contributed by atoms with Crippen LogP contribution in [0.4, 0.5) is 0 Å². The van der Waals surface area contributed by atoms with Crippen LogP contribution >= 0.6 is 34.8 Å². The van der Waals surface area contributed by atoms with Crippen LogP contribution in [0.3, 0.4) is 0 Å². The Morgan fingerprint density at radius 2 is 1.84 bits per heavy atom. The second-order valence-corrected chi connectivity index (χ2v) is 5.88. The largest absolute Gasteiger partial charge is 0.335 e. The van der Waals surface area contributed by atoms with Gasteiger partial charge in [-0.25, -0.2) is 0 Å². The quantitative estimate of drug-likeness (QED) is 0.378. The van der Waals surface area contributed by atoms with Crippen molar-refractivity contribution in [1.82, 2.24) is 10.6 Å². The van der Waals surface area contributed by atoms with Gasteiger partial charge in [0, 0.05) is 6.08 Å². The van der Waals surface area contributed by atoms with Crippen LogP contribution in [0.2, 0.25) is 0 Å². The second-order valence-electron chi connectivity index (χ2n) is 3.51. The summed E-state index contributed by atoms with van der Waals surface area (Å²) in [4.78, 5) is 22.0. The molecular weight excluding hydrogens is 311 g/mol. The van der Waals surface area contributed by atoms with E-state index in [1.165, 1.54) is 6.08 Å². The van der Waals surface area contributed by atoms with Crippen LogP contribution in [0.25, 0.3) is 6.08 Å². The van der Waals surface area contributed by atoms with Crippen molar-refractivity contribution >= 4 is 53.2 Å². The first-order valence-electron chi connectivity index (χ1n) is 5.23. The zero-order valence-corrected chi connectivity index (χ0v) is 11.9. The highest BCUT2D eigenvalue weighted by molar-refractivity contribution is 6.68. The molecule has 0 aromatic heterocycles. The molecular formula is C12H11Cl3N2O2. The third kappa shape index (κ3) is 5.96. The number of rotatable bonds is 5. The third-order valence-electron chi connectivity index (χ3n) is 2.08. The van der Waals surface area contributed by atoms with Crippen LogP contribution in [0.15, 0.2) is 36.4 Å². The minimum Gasteiger partial charge on any atom is -0.335 e. The highest BCUT2D eigenvalue weighted by Gasteiger charge is 2.33. The Labute approximate surface area is 125 Å². The van der Waals surface area contributed by atoms with E-state index in [0.717, 1.165) is 5.56 Å². The molecule has 0 heterocycles. The zero-order chi connectivity index (χ0) is 14.3. The summed E-state index contributed by atoms with van der Waals surface area (Å²) in [7, 11) is 0. The number of carbonyl (C=O) groups excluding carboxylic acids is 2. The van der Waals surface area contributed by atoms with E-state index >= 15 is 0 Å². The van der Waals surface area contributed by atoms with Gasteiger partial charge < -0.3 is 10.6 Å². The predicted molar refractivity (Wildman–Crippen MR) is 76.9 cm³/mol. The molecule has 1 aromatic carbocycles. The summed E-state index contributed by atoms with van der Waals surface area (Å²) < 4.78 is -1.84. The van der Waals surface area contributed by atoms with Gasteiger partial charge in [-0.05, 0) is 11.6 Å². The Hall–Kier alpha value is -1.23. The van der Waals surface area contributed by atoms with Crippen molar-refractivity contribution in [1.29, 1.82) is 0 Å². The maximum Gasteiger partial charge on any atom is 0.245 e. The topological polar surface area (TPSA) is 58.2 Å². The molecule has 7 heteroatoms. The fourth-order valence-electron chi connectivity index (χ4n) is 1.21. The summed E-state index contributed by atoms with van der Waals surface area (Å²) in [5.74, 6) is -0.491. The van der Waals surface area contributed by atoms with Crippen LogP contribution in [-0.4, -0.2) is 22.3 Å². The Morgan fingerprint density at radius 3 is 2.37 bits per heavy atom. The van der Waals surface area contributed by atoms with Gasteiger partial charge in [0.15, 0.2) is 0 Å². The van der Waals surface area contributed by atoms with Crippen molar-refractivity contribution in [3.63, 3.8) is 0 Å². The molecule has 0 bridgehead atoms. The summed E-state index contributed by atoms with van der Waals surface area (Å²) in [5.41, 5.74) is 0.853. The molecule has 4 nitrogen and oxygen atoms in total. The molecule has 19 heavy (non-hydrogen) atoms. The van der Waals surface area contributed by atoms with Crippen molar-refractivity contribution in [3.05, 3.63) is 42.0 Å². The fourth-order valence-corrected chi connectivity index (χ4v) is 1.57. The lowest BCUT2D eigenvalue weighted by atomic mass is 10.2. The van der Waals surface area contributed by atoms with Crippen LogP contribution < -0.4 is 10.6 Å². The molecule has 1 atom stereocenters. The molecule has 0 radical (unpaired) electrons. The lowest BCUT2D eigenvalue weighted by molar-refractivity contribution is -0.117. The van der Waals surface area contributed by atoms with E-state index in [0.29, 0.717) is 6.41 Å². The number of carbonyl (C=O) groups is 2. The first-order valence-corrected chi connectivity index (χ1v) is 6.37. The molecule has 0 fully saturated rings. The Kier molecular flexibility index (Phi) is 6.15. The molecule has 0 aliphatic rings. The number of hydrogen-bond acceptors (Lipinski definition) is 2. The van der Waals surface area contributed by atoms with Gasteiger partial charge in [0.05, 0.1) is 0 Å². The lowest BCUT2D eigenvalue weighted by Gasteiger charge is -2.23. The lowest BCUT2D eigenvalue weighted by Crippen LogP contribution is -2.52. The molecule has 0 saturated heterocycles. The summed E-state index contributed by atoms with van der Waals surface area (Å²) >= 11 is 16.8. The van der Waals surface area contributed by atoms with Crippen LogP contribution in [-0.2, 0) is 9.59 Å². The minimum atomic E-state index is -1.84. The SMILES string of the molecule is O=CNC(NC(=O)/C=C/c1ccccc1)C(Cl)(Cl)Cl. The van der Waals surface area contributed by atoms with Gasteiger partial charge in [-0.3, -0.25) is 9.59 Å². The fraction of sp³-hybridized carbons (Fsp3) is 0.167. The van der Waals surface area contributed by atoms with Gasteiger partial charge in [-0.15, -0.1) is 0 Å². The van der Waals surface area contributed by atoms with E-state index < -0.39 is 15.9 Å². The first-order chi connectivity index (χ1) is 8.93. The van der Waals surface area contributed by atoms with Gasteiger partial charge in [-0.2, -0.15) is 0 Å².